The van der Waals surface area contributed by atoms with Gasteiger partial charge in [-0.2, -0.15) is 13.2 Å². The summed E-state index contributed by atoms with van der Waals surface area (Å²) in [7, 11) is 0. The molecular formula is C34H46F4O2. The molecule has 1 unspecified atom stereocenters. The fourth-order valence-corrected chi connectivity index (χ4v) is 4.77. The number of carbonyl (C=O) groups is 1. The van der Waals surface area contributed by atoms with E-state index in [9.17, 15) is 22.4 Å². The van der Waals surface area contributed by atoms with E-state index >= 15 is 0 Å². The van der Waals surface area contributed by atoms with Crippen molar-refractivity contribution >= 4 is 5.97 Å². The van der Waals surface area contributed by atoms with E-state index in [2.05, 4.69) is 6.92 Å². The molecule has 0 fully saturated rings. The lowest BCUT2D eigenvalue weighted by atomic mass is 9.97. The number of ether oxygens (including phenoxy) is 1. The highest BCUT2D eigenvalue weighted by Crippen LogP contribution is 2.31. The van der Waals surface area contributed by atoms with Crippen LogP contribution in [0.25, 0.3) is 11.1 Å². The molecule has 0 aliphatic carbocycles. The van der Waals surface area contributed by atoms with E-state index in [1.807, 2.05) is 6.07 Å². The molecule has 0 aliphatic rings. The van der Waals surface area contributed by atoms with Gasteiger partial charge in [-0.1, -0.05) is 133 Å². The van der Waals surface area contributed by atoms with E-state index in [0.717, 1.165) is 25.3 Å². The van der Waals surface area contributed by atoms with Crippen LogP contribution >= 0.6 is 0 Å². The molecule has 0 amide bonds. The minimum absolute atomic E-state index is 0.189. The standard InChI is InChI=1S/C34H46F4O2/c1-3-4-5-6-7-8-9-10-11-12-13-14-15-16-20-23-32(34(36,37)38)40-33(39)27(2)29-24-25-30(31(35)26-29)28-21-18-17-19-22-28/h17-19,21-27H,3-16,20H2,1-2H3/b32-23+. The Kier molecular flexibility index (Phi) is 15.7. The summed E-state index contributed by atoms with van der Waals surface area (Å²) in [5.74, 6) is -3.95. The second kappa shape index (κ2) is 18.7. The van der Waals surface area contributed by atoms with E-state index < -0.39 is 29.6 Å². The summed E-state index contributed by atoms with van der Waals surface area (Å²) in [5, 5.41) is 0. The molecule has 2 nitrogen and oxygen atoms in total. The van der Waals surface area contributed by atoms with Crippen LogP contribution in [-0.2, 0) is 9.53 Å². The van der Waals surface area contributed by atoms with Gasteiger partial charge in [-0.05, 0) is 43.0 Å². The highest BCUT2D eigenvalue weighted by Gasteiger charge is 2.38. The van der Waals surface area contributed by atoms with Crippen molar-refractivity contribution in [1.29, 1.82) is 0 Å². The van der Waals surface area contributed by atoms with Crippen molar-refractivity contribution in [3.63, 3.8) is 0 Å². The van der Waals surface area contributed by atoms with Crippen LogP contribution in [0, 0.1) is 5.82 Å². The van der Waals surface area contributed by atoms with Crippen LogP contribution in [0.2, 0.25) is 0 Å². The van der Waals surface area contributed by atoms with Gasteiger partial charge in [0.2, 0.25) is 5.76 Å². The number of hydrogen-bond acceptors (Lipinski definition) is 2. The number of benzene rings is 2. The van der Waals surface area contributed by atoms with Gasteiger partial charge in [-0.3, -0.25) is 4.79 Å². The lowest BCUT2D eigenvalue weighted by molar-refractivity contribution is -0.161. The van der Waals surface area contributed by atoms with E-state index in [1.165, 1.54) is 83.3 Å². The molecule has 222 valence electrons. The van der Waals surface area contributed by atoms with Crippen LogP contribution in [0.1, 0.15) is 122 Å². The summed E-state index contributed by atoms with van der Waals surface area (Å²) >= 11 is 0. The number of rotatable bonds is 19. The first-order valence-electron chi connectivity index (χ1n) is 15.1. The van der Waals surface area contributed by atoms with Gasteiger partial charge in [0, 0.05) is 5.56 Å². The average Bonchev–Trinajstić information content (AvgIpc) is 2.93. The first kappa shape index (κ1) is 33.6. The predicted octanol–water partition coefficient (Wildman–Crippen LogP) is 11.5. The number of unbranched alkanes of at least 4 members (excludes halogenated alkanes) is 14. The minimum atomic E-state index is -4.77. The monoisotopic (exact) mass is 562 g/mol. The first-order chi connectivity index (χ1) is 19.2. The van der Waals surface area contributed by atoms with Crippen molar-refractivity contribution in [1.82, 2.24) is 0 Å². The average molecular weight is 563 g/mol. The van der Waals surface area contributed by atoms with Gasteiger partial charge in [-0.25, -0.2) is 4.39 Å². The van der Waals surface area contributed by atoms with Crippen LogP contribution in [0.4, 0.5) is 17.6 Å². The van der Waals surface area contributed by atoms with Gasteiger partial charge in [0.1, 0.15) is 5.82 Å². The lowest BCUT2D eigenvalue weighted by Crippen LogP contribution is -2.21. The van der Waals surface area contributed by atoms with Gasteiger partial charge in [0.25, 0.3) is 0 Å². The highest BCUT2D eigenvalue weighted by atomic mass is 19.4. The van der Waals surface area contributed by atoms with Gasteiger partial charge in [-0.15, -0.1) is 0 Å². The third-order valence-corrected chi connectivity index (χ3v) is 7.31. The molecule has 0 saturated heterocycles. The molecule has 0 aliphatic heterocycles. The molecule has 0 aromatic heterocycles. The first-order valence-corrected chi connectivity index (χ1v) is 15.1. The molecule has 0 bridgehead atoms. The van der Waals surface area contributed by atoms with E-state index in [1.54, 1.807) is 30.3 Å². The Morgan fingerprint density at radius 3 is 1.82 bits per heavy atom. The fraction of sp³-hybridized carbons (Fsp3) is 0.559. The van der Waals surface area contributed by atoms with Crippen LogP contribution in [-0.4, -0.2) is 12.1 Å². The molecule has 6 heteroatoms. The summed E-state index contributed by atoms with van der Waals surface area (Å²) in [5.41, 5.74) is 1.29. The smallest absolute Gasteiger partial charge is 0.421 e. The summed E-state index contributed by atoms with van der Waals surface area (Å²) < 4.78 is 60.1. The maximum atomic E-state index is 14.7. The third-order valence-electron chi connectivity index (χ3n) is 7.31. The van der Waals surface area contributed by atoms with Gasteiger partial charge < -0.3 is 4.74 Å². The fourth-order valence-electron chi connectivity index (χ4n) is 4.77. The molecule has 40 heavy (non-hydrogen) atoms. The maximum Gasteiger partial charge on any atom is 0.449 e. The Hall–Kier alpha value is -2.63. The van der Waals surface area contributed by atoms with Gasteiger partial charge >= 0.3 is 12.1 Å². The predicted molar refractivity (Wildman–Crippen MR) is 155 cm³/mol. The Morgan fingerprint density at radius 1 is 0.800 bits per heavy atom. The molecule has 2 aromatic rings. The number of alkyl halides is 3. The lowest BCUT2D eigenvalue weighted by Gasteiger charge is -2.16. The zero-order valence-electron chi connectivity index (χ0n) is 24.2. The van der Waals surface area contributed by atoms with Crippen molar-refractivity contribution in [2.24, 2.45) is 0 Å². The molecule has 2 rings (SSSR count). The molecule has 0 N–H and O–H groups in total. The maximum absolute atomic E-state index is 14.7. The van der Waals surface area contributed by atoms with Crippen LogP contribution < -0.4 is 0 Å². The minimum Gasteiger partial charge on any atom is -0.421 e. The van der Waals surface area contributed by atoms with Crippen LogP contribution in [0.5, 0.6) is 0 Å². The molecule has 0 radical (unpaired) electrons. The number of allylic oxidation sites excluding steroid dienone is 2. The zero-order valence-corrected chi connectivity index (χ0v) is 24.2. The van der Waals surface area contributed by atoms with Crippen molar-refractivity contribution in [3.05, 3.63) is 71.7 Å². The third kappa shape index (κ3) is 12.7. The second-order valence-electron chi connectivity index (χ2n) is 10.7. The van der Waals surface area contributed by atoms with Crippen LogP contribution in [0.3, 0.4) is 0 Å². The Balaban J connectivity index is 1.72. The van der Waals surface area contributed by atoms with Crippen molar-refractivity contribution in [2.75, 3.05) is 0 Å². The number of esters is 1. The topological polar surface area (TPSA) is 26.3 Å². The van der Waals surface area contributed by atoms with Crippen molar-refractivity contribution in [2.45, 2.75) is 122 Å². The summed E-state index contributed by atoms with van der Waals surface area (Å²) in [6.45, 7) is 3.65. The highest BCUT2D eigenvalue weighted by molar-refractivity contribution is 5.79. The van der Waals surface area contributed by atoms with Crippen molar-refractivity contribution < 1.29 is 27.1 Å². The number of carbonyl (C=O) groups excluding carboxylic acids is 1. The van der Waals surface area contributed by atoms with Gasteiger partial charge in [0.05, 0.1) is 5.92 Å². The summed E-state index contributed by atoms with van der Waals surface area (Å²) in [6, 6.07) is 13.2. The molecule has 0 heterocycles. The number of halogens is 4. The van der Waals surface area contributed by atoms with Crippen molar-refractivity contribution in [3.8, 4) is 11.1 Å². The largest absolute Gasteiger partial charge is 0.449 e. The molecule has 1 atom stereocenters. The quantitative estimate of drug-likeness (QED) is 0.0737. The molecule has 0 saturated carbocycles. The van der Waals surface area contributed by atoms with E-state index in [0.29, 0.717) is 17.5 Å². The SMILES string of the molecule is CCCCCCCCCCCCCCCC/C=C(/OC(=O)C(C)c1ccc(-c2ccccc2)c(F)c1)C(F)(F)F. The Bertz CT molecular complexity index is 1010. The summed E-state index contributed by atoms with van der Waals surface area (Å²) in [4.78, 5) is 12.5. The zero-order chi connectivity index (χ0) is 29.2. The van der Waals surface area contributed by atoms with E-state index in [-0.39, 0.29) is 12.0 Å². The number of hydrogen-bond donors (Lipinski definition) is 0. The summed E-state index contributed by atoms with van der Waals surface area (Å²) in [6.07, 6.45) is 12.8. The Labute approximate surface area is 238 Å². The molecule has 0 spiro atoms. The Morgan fingerprint density at radius 2 is 1.32 bits per heavy atom. The normalized spacial score (nSPS) is 12.9. The molecule has 2 aromatic carbocycles. The van der Waals surface area contributed by atoms with Gasteiger partial charge in [0.15, 0.2) is 0 Å². The second-order valence-corrected chi connectivity index (χ2v) is 10.7. The van der Waals surface area contributed by atoms with Crippen LogP contribution in [0.15, 0.2) is 60.4 Å². The molecular weight excluding hydrogens is 516 g/mol. The van der Waals surface area contributed by atoms with E-state index in [4.69, 9.17) is 4.74 Å².